The number of halogens is 1. The van der Waals surface area contributed by atoms with Crippen LogP contribution in [0.25, 0.3) is 0 Å². The molecule has 3 rings (SSSR count). The fourth-order valence-corrected chi connectivity index (χ4v) is 2.80. The molecule has 1 aromatic heterocycles. The largest absolute Gasteiger partial charge is 0.337 e. The summed E-state index contributed by atoms with van der Waals surface area (Å²) >= 11 is 0. The molecule has 1 aliphatic heterocycles. The molecule has 2 aromatic rings. The molecule has 1 saturated heterocycles. The third kappa shape index (κ3) is 3.33. The maximum absolute atomic E-state index is 13.5. The third-order valence-corrected chi connectivity index (χ3v) is 3.94. The average Bonchev–Trinajstić information content (AvgIpc) is 3.06. The van der Waals surface area contributed by atoms with Crippen LogP contribution in [0.3, 0.4) is 0 Å². The number of nitrogens with zero attached hydrogens (tertiary/aromatic N) is 3. The van der Waals surface area contributed by atoms with Gasteiger partial charge in [0, 0.05) is 45.0 Å². The van der Waals surface area contributed by atoms with Gasteiger partial charge in [-0.2, -0.15) is 0 Å². The van der Waals surface area contributed by atoms with Crippen LogP contribution in [0.15, 0.2) is 43.0 Å². The molecule has 1 aliphatic rings. The molecule has 2 heterocycles. The number of hydrogen-bond donors (Lipinski definition) is 1. The van der Waals surface area contributed by atoms with E-state index in [0.717, 1.165) is 12.1 Å². The molecule has 1 fully saturated rings. The summed E-state index contributed by atoms with van der Waals surface area (Å²) in [5.74, 6) is -0.182. The van der Waals surface area contributed by atoms with Gasteiger partial charge in [0.2, 0.25) is 5.91 Å². The number of aryl methyl sites for hydroxylation is 1. The second-order valence-corrected chi connectivity index (χ2v) is 5.41. The van der Waals surface area contributed by atoms with E-state index in [1.54, 1.807) is 18.6 Å². The number of nitrogens with one attached hydrogen (secondary N) is 1. The van der Waals surface area contributed by atoms with Crippen molar-refractivity contribution in [1.82, 2.24) is 19.8 Å². The molecule has 0 bridgehead atoms. The molecule has 0 saturated carbocycles. The second-order valence-electron chi connectivity index (χ2n) is 5.41. The molecule has 1 amide bonds. The van der Waals surface area contributed by atoms with E-state index in [4.69, 9.17) is 0 Å². The lowest BCUT2D eigenvalue weighted by atomic mass is 10.0. The molecular weight excluding hydrogens is 283 g/mol. The first-order chi connectivity index (χ1) is 10.7. The van der Waals surface area contributed by atoms with Crippen molar-refractivity contribution in [2.75, 3.05) is 19.6 Å². The Balaban J connectivity index is 1.70. The molecule has 0 spiro atoms. The maximum Gasteiger partial charge on any atom is 0.224 e. The first kappa shape index (κ1) is 14.7. The number of benzene rings is 1. The Morgan fingerprint density at radius 3 is 3.14 bits per heavy atom. The van der Waals surface area contributed by atoms with Gasteiger partial charge in [-0.1, -0.05) is 12.1 Å². The zero-order chi connectivity index (χ0) is 15.4. The SMILES string of the molecule is O=C(CCn1ccnc1)N1CCNCC1c1cccc(F)c1. The van der Waals surface area contributed by atoms with Crippen LogP contribution in [0.4, 0.5) is 4.39 Å². The summed E-state index contributed by atoms with van der Waals surface area (Å²) in [5.41, 5.74) is 0.836. The highest BCUT2D eigenvalue weighted by atomic mass is 19.1. The van der Waals surface area contributed by atoms with Crippen LogP contribution in [0.5, 0.6) is 0 Å². The summed E-state index contributed by atoms with van der Waals surface area (Å²) in [4.78, 5) is 18.4. The van der Waals surface area contributed by atoms with Gasteiger partial charge in [-0.3, -0.25) is 4.79 Å². The predicted octanol–water partition coefficient (Wildman–Crippen LogP) is 1.59. The lowest BCUT2D eigenvalue weighted by molar-refractivity contribution is -0.134. The fraction of sp³-hybridized carbons (Fsp3) is 0.375. The molecule has 116 valence electrons. The van der Waals surface area contributed by atoms with Gasteiger partial charge in [-0.15, -0.1) is 0 Å². The van der Waals surface area contributed by atoms with Crippen molar-refractivity contribution in [3.63, 3.8) is 0 Å². The van der Waals surface area contributed by atoms with E-state index >= 15 is 0 Å². The van der Waals surface area contributed by atoms with Gasteiger partial charge < -0.3 is 14.8 Å². The van der Waals surface area contributed by atoms with Crippen LogP contribution in [-0.2, 0) is 11.3 Å². The average molecular weight is 302 g/mol. The van der Waals surface area contributed by atoms with Gasteiger partial charge in [0.1, 0.15) is 5.82 Å². The maximum atomic E-state index is 13.5. The number of aromatic nitrogens is 2. The molecule has 6 heteroatoms. The molecule has 1 aromatic carbocycles. The second kappa shape index (κ2) is 6.70. The summed E-state index contributed by atoms with van der Waals surface area (Å²) in [6.45, 7) is 2.67. The first-order valence-electron chi connectivity index (χ1n) is 7.45. The van der Waals surface area contributed by atoms with Crippen molar-refractivity contribution in [2.45, 2.75) is 19.0 Å². The standard InChI is InChI=1S/C16H19FN4O/c17-14-3-1-2-13(10-14)15-11-18-6-9-21(15)16(22)4-7-20-8-5-19-12-20/h1-3,5,8,10,12,15,18H,4,6-7,9,11H2. The summed E-state index contributed by atoms with van der Waals surface area (Å²) in [6, 6.07) is 6.38. The predicted molar refractivity (Wildman–Crippen MR) is 80.6 cm³/mol. The number of carbonyl (C=O) groups is 1. The highest BCUT2D eigenvalue weighted by Gasteiger charge is 2.27. The van der Waals surface area contributed by atoms with E-state index in [9.17, 15) is 9.18 Å². The first-order valence-corrected chi connectivity index (χ1v) is 7.45. The van der Waals surface area contributed by atoms with Crippen LogP contribution < -0.4 is 5.32 Å². The molecule has 0 aliphatic carbocycles. The molecular formula is C16H19FN4O. The van der Waals surface area contributed by atoms with Gasteiger partial charge in [0.25, 0.3) is 0 Å². The minimum atomic E-state index is -0.270. The van der Waals surface area contributed by atoms with Gasteiger partial charge in [-0.05, 0) is 17.7 Å². The van der Waals surface area contributed by atoms with Crippen LogP contribution in [0.1, 0.15) is 18.0 Å². The van der Waals surface area contributed by atoms with Crippen LogP contribution >= 0.6 is 0 Å². The van der Waals surface area contributed by atoms with Gasteiger partial charge in [0.05, 0.1) is 12.4 Å². The van der Waals surface area contributed by atoms with E-state index in [1.165, 1.54) is 12.1 Å². The van der Waals surface area contributed by atoms with Gasteiger partial charge in [0.15, 0.2) is 0 Å². The van der Waals surface area contributed by atoms with E-state index in [0.29, 0.717) is 26.1 Å². The molecule has 22 heavy (non-hydrogen) atoms. The fourth-order valence-electron chi connectivity index (χ4n) is 2.80. The lowest BCUT2D eigenvalue weighted by Crippen LogP contribution is -2.48. The van der Waals surface area contributed by atoms with Crippen molar-refractivity contribution in [2.24, 2.45) is 0 Å². The number of hydrogen-bond acceptors (Lipinski definition) is 3. The number of imidazole rings is 1. The summed E-state index contributed by atoms with van der Waals surface area (Å²) in [7, 11) is 0. The quantitative estimate of drug-likeness (QED) is 0.933. The molecule has 1 unspecified atom stereocenters. The van der Waals surface area contributed by atoms with Crippen LogP contribution in [0.2, 0.25) is 0 Å². The van der Waals surface area contributed by atoms with E-state index in [2.05, 4.69) is 10.3 Å². The Kier molecular flexibility index (Phi) is 4.48. The molecule has 0 radical (unpaired) electrons. The van der Waals surface area contributed by atoms with Crippen molar-refractivity contribution in [3.8, 4) is 0 Å². The smallest absolute Gasteiger partial charge is 0.224 e. The summed E-state index contributed by atoms with van der Waals surface area (Å²) in [5, 5.41) is 3.28. The van der Waals surface area contributed by atoms with Crippen LogP contribution in [0, 0.1) is 5.82 Å². The zero-order valence-corrected chi connectivity index (χ0v) is 12.3. The summed E-state index contributed by atoms with van der Waals surface area (Å²) in [6.07, 6.45) is 5.66. The van der Waals surface area contributed by atoms with Gasteiger partial charge in [-0.25, -0.2) is 9.37 Å². The zero-order valence-electron chi connectivity index (χ0n) is 12.3. The highest BCUT2D eigenvalue weighted by molar-refractivity contribution is 5.76. The Morgan fingerprint density at radius 1 is 1.45 bits per heavy atom. The number of amides is 1. The lowest BCUT2D eigenvalue weighted by Gasteiger charge is -2.36. The van der Waals surface area contributed by atoms with Crippen molar-refractivity contribution >= 4 is 5.91 Å². The normalized spacial score (nSPS) is 18.4. The molecule has 1 N–H and O–H groups in total. The molecule has 5 nitrogen and oxygen atoms in total. The van der Waals surface area contributed by atoms with Crippen molar-refractivity contribution in [1.29, 1.82) is 0 Å². The van der Waals surface area contributed by atoms with E-state index in [1.807, 2.05) is 21.7 Å². The minimum Gasteiger partial charge on any atom is -0.337 e. The van der Waals surface area contributed by atoms with E-state index in [-0.39, 0.29) is 17.8 Å². The summed E-state index contributed by atoms with van der Waals surface area (Å²) < 4.78 is 15.3. The Labute approximate surface area is 128 Å². The minimum absolute atomic E-state index is 0.0875. The number of carbonyl (C=O) groups excluding carboxylic acids is 1. The van der Waals surface area contributed by atoms with Crippen molar-refractivity contribution < 1.29 is 9.18 Å². The van der Waals surface area contributed by atoms with E-state index < -0.39 is 0 Å². The Morgan fingerprint density at radius 2 is 2.36 bits per heavy atom. The van der Waals surface area contributed by atoms with Gasteiger partial charge >= 0.3 is 0 Å². The third-order valence-electron chi connectivity index (χ3n) is 3.94. The molecule has 1 atom stereocenters. The number of rotatable bonds is 4. The highest BCUT2D eigenvalue weighted by Crippen LogP contribution is 2.23. The number of piperazine rings is 1. The Bertz CT molecular complexity index is 629. The monoisotopic (exact) mass is 302 g/mol. The van der Waals surface area contributed by atoms with Crippen molar-refractivity contribution in [3.05, 3.63) is 54.4 Å². The topological polar surface area (TPSA) is 50.2 Å². The van der Waals surface area contributed by atoms with Crippen LogP contribution in [-0.4, -0.2) is 40.0 Å². The Hall–Kier alpha value is -2.21.